The first kappa shape index (κ1) is 20.4. The molecule has 2 aliphatic rings. The second-order valence-corrected chi connectivity index (χ2v) is 7.03. The summed E-state index contributed by atoms with van der Waals surface area (Å²) in [5.41, 5.74) is 1.90. The number of hydrogen-bond donors (Lipinski definition) is 0. The lowest BCUT2D eigenvalue weighted by molar-refractivity contribution is 0.241. The molecule has 2 unspecified atom stereocenters. The van der Waals surface area contributed by atoms with Crippen molar-refractivity contribution in [1.82, 2.24) is 0 Å². The Hall–Kier alpha value is -2.90. The van der Waals surface area contributed by atoms with Crippen molar-refractivity contribution in [3.63, 3.8) is 0 Å². The van der Waals surface area contributed by atoms with Gasteiger partial charge in [0, 0.05) is 0 Å². The van der Waals surface area contributed by atoms with Gasteiger partial charge in [-0.15, -0.1) is 0 Å². The fraction of sp³-hybridized carbons (Fsp3) is 0.391. The molecule has 2 aromatic rings. The van der Waals surface area contributed by atoms with Crippen molar-refractivity contribution >= 4 is 12.2 Å². The third kappa shape index (κ3) is 5.17. The maximum absolute atomic E-state index is 5.84. The first-order valence-corrected chi connectivity index (χ1v) is 9.81. The van der Waals surface area contributed by atoms with Gasteiger partial charge in [0.05, 0.1) is 34.5 Å². The largest absolute Gasteiger partial charge is 0.493 e. The maximum Gasteiger partial charge on any atom is 0.203 e. The predicted molar refractivity (Wildman–Crippen MR) is 112 cm³/mol. The van der Waals surface area contributed by atoms with Crippen LogP contribution in [0.5, 0.6) is 28.7 Å². The molecule has 2 heterocycles. The molecule has 0 bridgehead atoms. The van der Waals surface area contributed by atoms with Crippen molar-refractivity contribution in [1.29, 1.82) is 0 Å². The van der Waals surface area contributed by atoms with Crippen LogP contribution in [0.3, 0.4) is 0 Å². The lowest BCUT2D eigenvalue weighted by Crippen LogP contribution is -2.06. The molecular formula is C23H26O7. The van der Waals surface area contributed by atoms with Crippen molar-refractivity contribution in [2.75, 3.05) is 47.8 Å². The topological polar surface area (TPSA) is 71.2 Å². The van der Waals surface area contributed by atoms with E-state index in [9.17, 15) is 0 Å². The van der Waals surface area contributed by atoms with E-state index in [2.05, 4.69) is 0 Å². The highest BCUT2D eigenvalue weighted by molar-refractivity contribution is 5.73. The highest BCUT2D eigenvalue weighted by atomic mass is 16.6. The number of hydrogen-bond acceptors (Lipinski definition) is 7. The van der Waals surface area contributed by atoms with E-state index in [0.29, 0.717) is 42.0 Å². The van der Waals surface area contributed by atoms with Crippen LogP contribution in [0.2, 0.25) is 0 Å². The average Bonchev–Trinajstić information content (AvgIpc) is 3.69. The summed E-state index contributed by atoms with van der Waals surface area (Å²) in [7, 11) is 4.85. The summed E-state index contributed by atoms with van der Waals surface area (Å²) in [5.74, 6) is 3.18. The lowest BCUT2D eigenvalue weighted by atomic mass is 10.1. The smallest absolute Gasteiger partial charge is 0.203 e. The second kappa shape index (κ2) is 9.28. The summed E-state index contributed by atoms with van der Waals surface area (Å²) in [6.45, 7) is 2.50. The molecule has 4 rings (SSSR count). The van der Waals surface area contributed by atoms with Crippen LogP contribution in [0, 0.1) is 0 Å². The molecule has 7 heteroatoms. The van der Waals surface area contributed by atoms with Crippen molar-refractivity contribution in [3.8, 4) is 28.7 Å². The Morgan fingerprint density at radius 2 is 1.27 bits per heavy atom. The van der Waals surface area contributed by atoms with E-state index in [0.717, 1.165) is 24.3 Å². The SMILES string of the molecule is COc1cc(C=Cc2cc(OC)c(OCC3CO3)c(OC)c2)ccc1OCC1CO1. The van der Waals surface area contributed by atoms with Crippen molar-refractivity contribution in [2.45, 2.75) is 12.2 Å². The number of ether oxygens (including phenoxy) is 7. The fourth-order valence-corrected chi connectivity index (χ4v) is 2.93. The maximum atomic E-state index is 5.84. The molecule has 2 saturated heterocycles. The minimum Gasteiger partial charge on any atom is -0.493 e. The van der Waals surface area contributed by atoms with E-state index in [1.165, 1.54) is 0 Å². The van der Waals surface area contributed by atoms with Crippen molar-refractivity contribution in [2.24, 2.45) is 0 Å². The lowest BCUT2D eigenvalue weighted by Gasteiger charge is -2.15. The third-order valence-corrected chi connectivity index (χ3v) is 4.78. The standard InChI is InChI=1S/C23H26O7/c1-24-20-8-15(6-7-19(20)29-13-17-11-27-17)4-5-16-9-21(25-2)23(22(10-16)26-3)30-14-18-12-28-18/h4-10,17-18H,11-14H2,1-3H3. The summed E-state index contributed by atoms with van der Waals surface area (Å²) in [6.07, 6.45) is 4.32. The van der Waals surface area contributed by atoms with E-state index < -0.39 is 0 Å². The monoisotopic (exact) mass is 414 g/mol. The van der Waals surface area contributed by atoms with Crippen LogP contribution < -0.4 is 23.7 Å². The molecule has 0 saturated carbocycles. The van der Waals surface area contributed by atoms with Crippen LogP contribution in [0.4, 0.5) is 0 Å². The minimum atomic E-state index is 0.151. The number of epoxide rings is 2. The van der Waals surface area contributed by atoms with Gasteiger partial charge in [0.25, 0.3) is 0 Å². The van der Waals surface area contributed by atoms with Gasteiger partial charge < -0.3 is 33.2 Å². The van der Waals surface area contributed by atoms with E-state index in [-0.39, 0.29) is 12.2 Å². The summed E-state index contributed by atoms with van der Waals surface area (Å²) in [5, 5.41) is 0. The van der Waals surface area contributed by atoms with Gasteiger partial charge in [0.2, 0.25) is 5.75 Å². The molecule has 2 aromatic carbocycles. The zero-order chi connectivity index (χ0) is 20.9. The number of benzene rings is 2. The molecule has 7 nitrogen and oxygen atoms in total. The highest BCUT2D eigenvalue weighted by Crippen LogP contribution is 2.39. The zero-order valence-corrected chi connectivity index (χ0v) is 17.4. The molecule has 2 atom stereocenters. The Kier molecular flexibility index (Phi) is 6.30. The Bertz CT molecular complexity index is 875. The first-order chi connectivity index (χ1) is 14.7. The summed E-state index contributed by atoms with van der Waals surface area (Å²) >= 11 is 0. The summed E-state index contributed by atoms with van der Waals surface area (Å²) in [6, 6.07) is 9.63. The van der Waals surface area contributed by atoms with Gasteiger partial charge in [0.1, 0.15) is 25.4 Å². The molecule has 0 aliphatic carbocycles. The van der Waals surface area contributed by atoms with Crippen LogP contribution >= 0.6 is 0 Å². The van der Waals surface area contributed by atoms with Crippen molar-refractivity contribution in [3.05, 3.63) is 41.5 Å². The molecule has 0 spiro atoms. The number of rotatable bonds is 11. The van der Waals surface area contributed by atoms with Gasteiger partial charge in [-0.2, -0.15) is 0 Å². The van der Waals surface area contributed by atoms with E-state index >= 15 is 0 Å². The van der Waals surface area contributed by atoms with Crippen LogP contribution in [-0.4, -0.2) is 60.0 Å². The van der Waals surface area contributed by atoms with Gasteiger partial charge >= 0.3 is 0 Å². The van der Waals surface area contributed by atoms with E-state index in [1.54, 1.807) is 21.3 Å². The average molecular weight is 414 g/mol. The number of methoxy groups -OCH3 is 3. The molecule has 2 aliphatic heterocycles. The molecule has 0 amide bonds. The summed E-state index contributed by atoms with van der Waals surface area (Å²) < 4.78 is 38.5. The van der Waals surface area contributed by atoms with E-state index in [1.807, 2.05) is 42.5 Å². The van der Waals surface area contributed by atoms with Gasteiger partial charge in [-0.3, -0.25) is 0 Å². The first-order valence-electron chi connectivity index (χ1n) is 9.81. The predicted octanol–water partition coefficient (Wildman–Crippen LogP) is 3.44. The van der Waals surface area contributed by atoms with Gasteiger partial charge in [0.15, 0.2) is 23.0 Å². The minimum absolute atomic E-state index is 0.151. The zero-order valence-electron chi connectivity index (χ0n) is 17.4. The van der Waals surface area contributed by atoms with Gasteiger partial charge in [-0.05, 0) is 35.4 Å². The van der Waals surface area contributed by atoms with Crippen LogP contribution in [0.1, 0.15) is 11.1 Å². The second-order valence-electron chi connectivity index (χ2n) is 7.03. The van der Waals surface area contributed by atoms with Gasteiger partial charge in [-0.1, -0.05) is 18.2 Å². The molecule has 0 aromatic heterocycles. The fourth-order valence-electron chi connectivity index (χ4n) is 2.93. The molecule has 0 N–H and O–H groups in total. The molecule has 0 radical (unpaired) electrons. The molecule has 30 heavy (non-hydrogen) atoms. The van der Waals surface area contributed by atoms with Gasteiger partial charge in [-0.25, -0.2) is 0 Å². The summed E-state index contributed by atoms with van der Waals surface area (Å²) in [4.78, 5) is 0. The van der Waals surface area contributed by atoms with Crippen molar-refractivity contribution < 1.29 is 33.2 Å². The quantitative estimate of drug-likeness (QED) is 0.412. The van der Waals surface area contributed by atoms with Crippen LogP contribution in [0.15, 0.2) is 30.3 Å². The normalized spacial score (nSPS) is 19.4. The Labute approximate surface area is 176 Å². The molecule has 160 valence electrons. The highest BCUT2D eigenvalue weighted by Gasteiger charge is 2.25. The molecule has 2 fully saturated rings. The Balaban J connectivity index is 1.50. The van der Waals surface area contributed by atoms with E-state index in [4.69, 9.17) is 33.2 Å². The molecular weight excluding hydrogens is 388 g/mol. The van der Waals surface area contributed by atoms with Crippen LogP contribution in [-0.2, 0) is 9.47 Å². The Morgan fingerprint density at radius 1 is 0.733 bits per heavy atom. The Morgan fingerprint density at radius 3 is 1.83 bits per heavy atom. The van der Waals surface area contributed by atoms with Crippen LogP contribution in [0.25, 0.3) is 12.2 Å². The third-order valence-electron chi connectivity index (χ3n) is 4.78.